The van der Waals surface area contributed by atoms with Crippen molar-refractivity contribution in [3.05, 3.63) is 0 Å². The van der Waals surface area contributed by atoms with E-state index < -0.39 is 0 Å². The predicted octanol–water partition coefficient (Wildman–Crippen LogP) is 2.30. The Kier molecular flexibility index (Phi) is 0.778. The van der Waals surface area contributed by atoms with Crippen LogP contribution in [-0.4, -0.2) is 0 Å². The molecule has 0 aromatic heterocycles. The van der Waals surface area contributed by atoms with Crippen LogP contribution in [0.4, 0.5) is 0 Å². The molecule has 2 fully saturated rings. The van der Waals surface area contributed by atoms with Crippen LogP contribution in [-0.2, 0) is 0 Å². The van der Waals surface area contributed by atoms with E-state index in [4.69, 9.17) is 0 Å². The lowest BCUT2D eigenvalue weighted by Crippen LogP contribution is -1.81. The largest absolute Gasteiger partial charge is 0.0622 e. The lowest BCUT2D eigenvalue weighted by atomic mass is 10.2. The molecule has 0 aliphatic heterocycles. The molecule has 46 valence electrons. The second-order valence-electron chi connectivity index (χ2n) is 3.75. The lowest BCUT2D eigenvalue weighted by Gasteiger charge is -1.87. The van der Waals surface area contributed by atoms with Crippen molar-refractivity contribution in [1.82, 2.24) is 0 Å². The number of hydrogen-bond donors (Lipinski definition) is 0. The molecule has 8 heavy (non-hydrogen) atoms. The predicted molar refractivity (Wildman–Crippen MR) is 34.5 cm³/mol. The number of hydrogen-bond acceptors (Lipinski definition) is 0. The van der Waals surface area contributed by atoms with Crippen molar-refractivity contribution in [3.8, 4) is 0 Å². The van der Waals surface area contributed by atoms with Crippen molar-refractivity contribution < 1.29 is 0 Å². The molecule has 4 atom stereocenters. The van der Waals surface area contributed by atoms with Gasteiger partial charge in [0.1, 0.15) is 0 Å². The highest BCUT2D eigenvalue weighted by molar-refractivity contribution is 4.98. The van der Waals surface area contributed by atoms with E-state index >= 15 is 0 Å². The molecule has 0 aromatic rings. The normalized spacial score (nSPS) is 60.8. The second kappa shape index (κ2) is 1.29. The fourth-order valence-corrected chi connectivity index (χ4v) is 1.90. The summed E-state index contributed by atoms with van der Waals surface area (Å²) in [5.74, 6) is 4.49. The molecule has 2 saturated carbocycles. The van der Waals surface area contributed by atoms with Crippen LogP contribution < -0.4 is 0 Å². The fourth-order valence-electron chi connectivity index (χ4n) is 1.90. The molecule has 0 heteroatoms. The van der Waals surface area contributed by atoms with E-state index in [2.05, 4.69) is 13.8 Å². The van der Waals surface area contributed by atoms with E-state index in [1.54, 1.807) is 0 Å². The van der Waals surface area contributed by atoms with Crippen molar-refractivity contribution in [2.45, 2.75) is 26.7 Å². The van der Waals surface area contributed by atoms with Crippen LogP contribution in [0, 0.1) is 23.7 Å². The molecular weight excluding hydrogens is 96.1 g/mol. The van der Waals surface area contributed by atoms with Crippen LogP contribution in [0.15, 0.2) is 0 Å². The van der Waals surface area contributed by atoms with Gasteiger partial charge in [-0.1, -0.05) is 13.8 Å². The first-order valence-corrected chi connectivity index (χ1v) is 3.79. The van der Waals surface area contributed by atoms with Gasteiger partial charge in [-0.2, -0.15) is 0 Å². The van der Waals surface area contributed by atoms with E-state index in [-0.39, 0.29) is 0 Å². The topological polar surface area (TPSA) is 0 Å². The quantitative estimate of drug-likeness (QED) is 0.486. The molecule has 0 N–H and O–H groups in total. The Morgan fingerprint density at radius 1 is 0.875 bits per heavy atom. The summed E-state index contributed by atoms with van der Waals surface area (Å²) in [6, 6.07) is 0. The standard InChI is InChI=1S/C8H14/c1-5-3-7(5)8-4-6(8)2/h5-8H,3-4H2,1-2H3/t5-,6-,7-,8?/m1/s1. The minimum Gasteiger partial charge on any atom is -0.0622 e. The molecular formula is C8H14. The Balaban J connectivity index is 1.86. The van der Waals surface area contributed by atoms with Crippen LogP contribution in [0.5, 0.6) is 0 Å². The maximum atomic E-state index is 2.38. The van der Waals surface area contributed by atoms with Gasteiger partial charge in [-0.25, -0.2) is 0 Å². The number of rotatable bonds is 1. The Morgan fingerprint density at radius 3 is 1.25 bits per heavy atom. The van der Waals surface area contributed by atoms with Gasteiger partial charge in [0.2, 0.25) is 0 Å². The Bertz CT molecular complexity index is 92.6. The average molecular weight is 110 g/mol. The molecule has 2 aliphatic rings. The minimum absolute atomic E-state index is 1.09. The van der Waals surface area contributed by atoms with E-state index in [1.807, 2.05) is 0 Å². The van der Waals surface area contributed by atoms with Gasteiger partial charge in [-0.3, -0.25) is 0 Å². The third-order valence-corrected chi connectivity index (χ3v) is 2.89. The summed E-state index contributed by atoms with van der Waals surface area (Å²) in [5.41, 5.74) is 0. The third kappa shape index (κ3) is 0.586. The van der Waals surface area contributed by atoms with Crippen molar-refractivity contribution in [3.63, 3.8) is 0 Å². The molecule has 1 unspecified atom stereocenters. The summed E-state index contributed by atoms with van der Waals surface area (Å²) < 4.78 is 0. The summed E-state index contributed by atoms with van der Waals surface area (Å²) in [4.78, 5) is 0. The Labute approximate surface area is 51.3 Å². The van der Waals surface area contributed by atoms with Gasteiger partial charge in [0.05, 0.1) is 0 Å². The van der Waals surface area contributed by atoms with Crippen molar-refractivity contribution in [2.24, 2.45) is 23.7 Å². The van der Waals surface area contributed by atoms with Gasteiger partial charge in [-0.05, 0) is 36.5 Å². The molecule has 0 radical (unpaired) electrons. The summed E-state index contributed by atoms with van der Waals surface area (Å²) in [6.07, 6.45) is 3.07. The maximum Gasteiger partial charge on any atom is -0.0355 e. The van der Waals surface area contributed by atoms with Gasteiger partial charge in [0.15, 0.2) is 0 Å². The lowest BCUT2D eigenvalue weighted by molar-refractivity contribution is 0.614. The summed E-state index contributed by atoms with van der Waals surface area (Å²) >= 11 is 0. The van der Waals surface area contributed by atoms with E-state index in [9.17, 15) is 0 Å². The molecule has 2 rings (SSSR count). The van der Waals surface area contributed by atoms with Crippen molar-refractivity contribution >= 4 is 0 Å². The molecule has 0 nitrogen and oxygen atoms in total. The average Bonchev–Trinajstić information content (AvgIpc) is 2.47. The van der Waals surface area contributed by atoms with E-state index in [0.717, 1.165) is 23.7 Å². The minimum atomic E-state index is 1.09. The fraction of sp³-hybridized carbons (Fsp3) is 1.00. The SMILES string of the molecule is C[C@@H]1CC1[C@@H]1C[C@H]1C. The summed E-state index contributed by atoms with van der Waals surface area (Å²) in [7, 11) is 0. The van der Waals surface area contributed by atoms with Crippen LogP contribution in [0.25, 0.3) is 0 Å². The highest BCUT2D eigenvalue weighted by atomic mass is 14.5. The molecule has 0 amide bonds. The van der Waals surface area contributed by atoms with Crippen LogP contribution in [0.3, 0.4) is 0 Å². The molecule has 0 bridgehead atoms. The smallest absolute Gasteiger partial charge is 0.0355 e. The van der Waals surface area contributed by atoms with Crippen LogP contribution >= 0.6 is 0 Å². The Hall–Kier alpha value is 0. The zero-order valence-corrected chi connectivity index (χ0v) is 5.72. The summed E-state index contributed by atoms with van der Waals surface area (Å²) in [6.45, 7) is 4.77. The van der Waals surface area contributed by atoms with Gasteiger partial charge in [-0.15, -0.1) is 0 Å². The van der Waals surface area contributed by atoms with Gasteiger partial charge < -0.3 is 0 Å². The first-order valence-electron chi connectivity index (χ1n) is 3.79. The molecule has 0 heterocycles. The molecule has 0 aromatic carbocycles. The van der Waals surface area contributed by atoms with Gasteiger partial charge >= 0.3 is 0 Å². The Morgan fingerprint density at radius 2 is 1.12 bits per heavy atom. The molecule has 0 spiro atoms. The second-order valence-corrected chi connectivity index (χ2v) is 3.75. The highest BCUT2D eigenvalue weighted by Crippen LogP contribution is 2.57. The monoisotopic (exact) mass is 110 g/mol. The molecule has 2 aliphatic carbocycles. The van der Waals surface area contributed by atoms with Crippen LogP contribution in [0.1, 0.15) is 26.7 Å². The van der Waals surface area contributed by atoms with E-state index in [1.165, 1.54) is 12.8 Å². The van der Waals surface area contributed by atoms with Crippen molar-refractivity contribution in [2.75, 3.05) is 0 Å². The highest BCUT2D eigenvalue weighted by Gasteiger charge is 2.49. The first kappa shape index (κ1) is 4.84. The van der Waals surface area contributed by atoms with Crippen molar-refractivity contribution in [1.29, 1.82) is 0 Å². The molecule has 0 saturated heterocycles. The first-order chi connectivity index (χ1) is 3.79. The summed E-state index contributed by atoms with van der Waals surface area (Å²) in [5, 5.41) is 0. The zero-order valence-electron chi connectivity index (χ0n) is 5.72. The van der Waals surface area contributed by atoms with Crippen LogP contribution in [0.2, 0.25) is 0 Å². The van der Waals surface area contributed by atoms with Gasteiger partial charge in [0.25, 0.3) is 0 Å². The zero-order chi connectivity index (χ0) is 5.72. The maximum absolute atomic E-state index is 2.38. The third-order valence-electron chi connectivity index (χ3n) is 2.89. The van der Waals surface area contributed by atoms with E-state index in [0.29, 0.717) is 0 Å². The van der Waals surface area contributed by atoms with Gasteiger partial charge in [0, 0.05) is 0 Å².